The van der Waals surface area contributed by atoms with Gasteiger partial charge in [0.1, 0.15) is 0 Å². The Kier molecular flexibility index (Phi) is 4.49. The molecular weight excluding hydrogens is 271 g/mol. The minimum absolute atomic E-state index is 0.0279. The second-order valence-corrected chi connectivity index (χ2v) is 5.57. The molecule has 2 atom stereocenters. The van der Waals surface area contributed by atoms with Gasteiger partial charge in [-0.2, -0.15) is 0 Å². The first-order chi connectivity index (χ1) is 8.54. The third-order valence-electron chi connectivity index (χ3n) is 3.06. The third kappa shape index (κ3) is 3.61. The lowest BCUT2D eigenvalue weighted by molar-refractivity contribution is -0.118. The molecular formula is C13H16Cl2N2O. The van der Waals surface area contributed by atoms with Crippen LogP contribution in [-0.2, 0) is 4.79 Å². The highest BCUT2D eigenvalue weighted by Crippen LogP contribution is 2.23. The van der Waals surface area contributed by atoms with Crippen LogP contribution in [0.4, 0.5) is 5.69 Å². The van der Waals surface area contributed by atoms with Crippen molar-refractivity contribution in [3.8, 4) is 0 Å². The molecule has 0 spiro atoms. The smallest absolute Gasteiger partial charge is 0.241 e. The van der Waals surface area contributed by atoms with Crippen molar-refractivity contribution in [2.45, 2.75) is 38.3 Å². The van der Waals surface area contributed by atoms with Gasteiger partial charge in [0.2, 0.25) is 5.91 Å². The molecule has 1 fully saturated rings. The fourth-order valence-corrected chi connectivity index (χ4v) is 2.73. The molecule has 0 aliphatic carbocycles. The van der Waals surface area contributed by atoms with Gasteiger partial charge in [-0.25, -0.2) is 0 Å². The van der Waals surface area contributed by atoms with Gasteiger partial charge < -0.3 is 10.6 Å². The van der Waals surface area contributed by atoms with Crippen LogP contribution >= 0.6 is 23.2 Å². The van der Waals surface area contributed by atoms with Gasteiger partial charge in [-0.1, -0.05) is 23.2 Å². The maximum absolute atomic E-state index is 12.1. The quantitative estimate of drug-likeness (QED) is 0.874. The number of halogens is 2. The molecule has 2 rings (SSSR count). The highest BCUT2D eigenvalue weighted by molar-refractivity contribution is 6.35. The summed E-state index contributed by atoms with van der Waals surface area (Å²) >= 11 is 11.8. The number of carbonyl (C=O) groups excluding carboxylic acids is 1. The Bertz CT molecular complexity index is 430. The average molecular weight is 287 g/mol. The summed E-state index contributed by atoms with van der Waals surface area (Å²) in [5.74, 6) is -0.0279. The molecule has 0 bridgehead atoms. The molecule has 2 N–H and O–H groups in total. The van der Waals surface area contributed by atoms with Crippen LogP contribution in [0.1, 0.15) is 26.2 Å². The highest BCUT2D eigenvalue weighted by Gasteiger charge is 2.24. The Hall–Kier alpha value is -0.770. The number of hydrogen-bond donors (Lipinski definition) is 2. The monoisotopic (exact) mass is 286 g/mol. The van der Waals surface area contributed by atoms with Crippen molar-refractivity contribution in [3.63, 3.8) is 0 Å². The van der Waals surface area contributed by atoms with E-state index in [9.17, 15) is 4.79 Å². The predicted octanol–water partition coefficient (Wildman–Crippen LogP) is 3.46. The first-order valence-corrected chi connectivity index (χ1v) is 6.83. The van der Waals surface area contributed by atoms with E-state index in [0.717, 1.165) is 19.3 Å². The van der Waals surface area contributed by atoms with Crippen LogP contribution in [0.5, 0.6) is 0 Å². The highest BCUT2D eigenvalue weighted by atomic mass is 35.5. The SMILES string of the molecule is CC1CCCC(C(=O)Nc2cc(Cl)cc(Cl)c2)N1. The van der Waals surface area contributed by atoms with E-state index in [1.54, 1.807) is 18.2 Å². The molecule has 1 amide bonds. The minimum atomic E-state index is -0.133. The lowest BCUT2D eigenvalue weighted by Gasteiger charge is -2.27. The van der Waals surface area contributed by atoms with Crippen LogP contribution in [0.15, 0.2) is 18.2 Å². The molecule has 98 valence electrons. The third-order valence-corrected chi connectivity index (χ3v) is 3.50. The first-order valence-electron chi connectivity index (χ1n) is 6.07. The van der Waals surface area contributed by atoms with Crippen molar-refractivity contribution < 1.29 is 4.79 Å². The average Bonchev–Trinajstić information content (AvgIpc) is 2.27. The summed E-state index contributed by atoms with van der Waals surface area (Å²) in [6.45, 7) is 2.09. The summed E-state index contributed by atoms with van der Waals surface area (Å²) in [5.41, 5.74) is 0.637. The normalized spacial score (nSPS) is 23.7. The van der Waals surface area contributed by atoms with Crippen molar-refractivity contribution in [2.75, 3.05) is 5.32 Å². The Morgan fingerprint density at radius 2 is 1.94 bits per heavy atom. The molecule has 0 radical (unpaired) electrons. The number of benzene rings is 1. The van der Waals surface area contributed by atoms with Crippen molar-refractivity contribution in [1.82, 2.24) is 5.32 Å². The van der Waals surface area contributed by atoms with Crippen molar-refractivity contribution in [2.24, 2.45) is 0 Å². The van der Waals surface area contributed by atoms with Gasteiger partial charge in [-0.3, -0.25) is 4.79 Å². The van der Waals surface area contributed by atoms with E-state index in [0.29, 0.717) is 21.8 Å². The molecule has 3 nitrogen and oxygen atoms in total. The Labute approximate surface area is 117 Å². The van der Waals surface area contributed by atoms with E-state index in [2.05, 4.69) is 17.6 Å². The molecule has 1 aromatic carbocycles. The zero-order valence-corrected chi connectivity index (χ0v) is 11.7. The Balaban J connectivity index is 2.02. The van der Waals surface area contributed by atoms with Crippen LogP contribution in [0.25, 0.3) is 0 Å². The summed E-state index contributed by atoms with van der Waals surface area (Å²) in [5, 5.41) is 7.16. The molecule has 1 aliphatic heterocycles. The van der Waals surface area contributed by atoms with E-state index in [1.165, 1.54) is 0 Å². The molecule has 18 heavy (non-hydrogen) atoms. The first kappa shape index (κ1) is 13.7. The van der Waals surface area contributed by atoms with Crippen molar-refractivity contribution >= 4 is 34.8 Å². The van der Waals surface area contributed by atoms with Gasteiger partial charge in [0.05, 0.1) is 6.04 Å². The second kappa shape index (κ2) is 5.91. The maximum Gasteiger partial charge on any atom is 0.241 e. The fraction of sp³-hybridized carbons (Fsp3) is 0.462. The number of anilines is 1. The number of carbonyl (C=O) groups is 1. The number of amides is 1. The topological polar surface area (TPSA) is 41.1 Å². The largest absolute Gasteiger partial charge is 0.325 e. The van der Waals surface area contributed by atoms with Crippen LogP contribution in [-0.4, -0.2) is 18.0 Å². The number of nitrogens with one attached hydrogen (secondary N) is 2. The van der Waals surface area contributed by atoms with Crippen LogP contribution in [0.2, 0.25) is 10.0 Å². The van der Waals surface area contributed by atoms with E-state index in [1.807, 2.05) is 0 Å². The molecule has 1 heterocycles. The van der Waals surface area contributed by atoms with Crippen LogP contribution in [0, 0.1) is 0 Å². The van der Waals surface area contributed by atoms with Crippen molar-refractivity contribution in [3.05, 3.63) is 28.2 Å². The molecule has 1 saturated heterocycles. The Morgan fingerprint density at radius 1 is 1.28 bits per heavy atom. The maximum atomic E-state index is 12.1. The van der Waals surface area contributed by atoms with E-state index in [4.69, 9.17) is 23.2 Å². The van der Waals surface area contributed by atoms with E-state index in [-0.39, 0.29) is 11.9 Å². The summed E-state index contributed by atoms with van der Waals surface area (Å²) in [6.07, 6.45) is 3.06. The molecule has 1 aromatic rings. The molecule has 1 aliphatic rings. The van der Waals surface area contributed by atoms with Crippen molar-refractivity contribution in [1.29, 1.82) is 0 Å². The molecule has 5 heteroatoms. The van der Waals surface area contributed by atoms with Gasteiger partial charge in [-0.05, 0) is 44.4 Å². The molecule has 2 unspecified atom stereocenters. The minimum Gasteiger partial charge on any atom is -0.325 e. The lowest BCUT2D eigenvalue weighted by Crippen LogP contribution is -2.47. The standard InChI is InChI=1S/C13H16Cl2N2O/c1-8-3-2-4-12(16-8)13(18)17-11-6-9(14)5-10(15)7-11/h5-8,12,16H,2-4H2,1H3,(H,17,18). The van der Waals surface area contributed by atoms with Gasteiger partial charge >= 0.3 is 0 Å². The summed E-state index contributed by atoms with van der Waals surface area (Å²) in [7, 11) is 0. The van der Waals surface area contributed by atoms with Crippen LogP contribution < -0.4 is 10.6 Å². The number of hydrogen-bond acceptors (Lipinski definition) is 2. The Morgan fingerprint density at radius 3 is 2.56 bits per heavy atom. The van der Waals surface area contributed by atoms with E-state index < -0.39 is 0 Å². The zero-order chi connectivity index (χ0) is 13.1. The summed E-state index contributed by atoms with van der Waals surface area (Å²) in [4.78, 5) is 12.1. The number of rotatable bonds is 2. The van der Waals surface area contributed by atoms with E-state index >= 15 is 0 Å². The zero-order valence-electron chi connectivity index (χ0n) is 10.2. The van der Waals surface area contributed by atoms with Gasteiger partial charge in [0.15, 0.2) is 0 Å². The summed E-state index contributed by atoms with van der Waals surface area (Å²) in [6, 6.07) is 5.28. The molecule has 0 aromatic heterocycles. The second-order valence-electron chi connectivity index (χ2n) is 4.70. The summed E-state index contributed by atoms with van der Waals surface area (Å²) < 4.78 is 0. The van der Waals surface area contributed by atoms with Gasteiger partial charge in [0.25, 0.3) is 0 Å². The van der Waals surface area contributed by atoms with Gasteiger partial charge in [-0.15, -0.1) is 0 Å². The number of piperidine rings is 1. The predicted molar refractivity (Wildman–Crippen MR) is 75.3 cm³/mol. The van der Waals surface area contributed by atoms with Crippen LogP contribution in [0.3, 0.4) is 0 Å². The lowest BCUT2D eigenvalue weighted by atomic mass is 9.99. The fourth-order valence-electron chi connectivity index (χ4n) is 2.20. The van der Waals surface area contributed by atoms with Gasteiger partial charge in [0, 0.05) is 21.8 Å². The molecule has 0 saturated carbocycles.